The van der Waals surface area contributed by atoms with E-state index in [0.29, 0.717) is 17.7 Å². The van der Waals surface area contributed by atoms with Gasteiger partial charge < -0.3 is 4.98 Å². The molecule has 0 atom stereocenters. The Balaban J connectivity index is 0.000000232. The number of nitrogens with zero attached hydrogens (tertiary/aromatic N) is 1. The van der Waals surface area contributed by atoms with Crippen molar-refractivity contribution in [2.75, 3.05) is 0 Å². The topological polar surface area (TPSA) is 79.9 Å². The van der Waals surface area contributed by atoms with Gasteiger partial charge in [0.15, 0.2) is 18.9 Å². The Hall–Kier alpha value is -3.48. The average Bonchev–Trinajstić information content (AvgIpc) is 3.17. The van der Waals surface area contributed by atoms with Crippen LogP contribution in [0.4, 0.5) is 8.78 Å². The van der Waals surface area contributed by atoms with Crippen LogP contribution in [0.2, 0.25) is 0 Å². The van der Waals surface area contributed by atoms with Crippen LogP contribution >= 0.6 is 0 Å². The number of aromatic nitrogens is 2. The molecular formula is C20H18F2N2O3. The van der Waals surface area contributed by atoms with Crippen LogP contribution in [-0.2, 0) is 9.59 Å². The van der Waals surface area contributed by atoms with Crippen molar-refractivity contribution in [1.29, 1.82) is 0 Å². The Morgan fingerprint density at radius 3 is 1.93 bits per heavy atom. The van der Waals surface area contributed by atoms with Gasteiger partial charge in [-0.25, -0.2) is 13.8 Å². The molecule has 1 aromatic heterocycles. The van der Waals surface area contributed by atoms with E-state index >= 15 is 0 Å². The fourth-order valence-corrected chi connectivity index (χ4v) is 1.95. The highest BCUT2D eigenvalue weighted by atomic mass is 19.1. The first-order valence-corrected chi connectivity index (χ1v) is 7.79. The van der Waals surface area contributed by atoms with Crippen molar-refractivity contribution in [3.05, 3.63) is 77.1 Å². The predicted molar refractivity (Wildman–Crippen MR) is 97.4 cm³/mol. The van der Waals surface area contributed by atoms with Crippen LogP contribution < -0.4 is 0 Å². The number of carbonyl (C=O) groups excluding carboxylic acids is 3. The number of nitrogens with one attached hydrogen (secondary N) is 1. The van der Waals surface area contributed by atoms with Gasteiger partial charge in [-0.3, -0.25) is 14.4 Å². The van der Waals surface area contributed by atoms with Crippen molar-refractivity contribution in [3.8, 4) is 11.4 Å². The van der Waals surface area contributed by atoms with Gasteiger partial charge in [-0.15, -0.1) is 0 Å². The Kier molecular flexibility index (Phi) is 8.94. The van der Waals surface area contributed by atoms with E-state index in [1.807, 2.05) is 13.0 Å². The molecule has 140 valence electrons. The summed E-state index contributed by atoms with van der Waals surface area (Å²) in [5, 5.41) is 0. The number of aryl methyl sites for hydroxylation is 2. The number of halogens is 2. The van der Waals surface area contributed by atoms with E-state index in [2.05, 4.69) is 9.97 Å². The first-order chi connectivity index (χ1) is 12.9. The Morgan fingerprint density at radius 1 is 0.889 bits per heavy atom. The molecule has 0 radical (unpaired) electrons. The normalized spacial score (nSPS) is 9.19. The monoisotopic (exact) mass is 372 g/mol. The number of hydrogen-bond donors (Lipinski definition) is 1. The Bertz CT molecular complexity index is 888. The second-order valence-electron chi connectivity index (χ2n) is 5.34. The minimum atomic E-state index is -0.449. The van der Waals surface area contributed by atoms with Crippen LogP contribution in [0.5, 0.6) is 0 Å². The number of hydrogen-bond acceptors (Lipinski definition) is 4. The molecule has 2 aromatic carbocycles. The fourth-order valence-electron chi connectivity index (χ4n) is 1.95. The number of H-pyrrole nitrogens is 1. The minimum Gasteiger partial charge on any atom is -0.345 e. The van der Waals surface area contributed by atoms with Gasteiger partial charge in [-0.1, -0.05) is 12.1 Å². The van der Waals surface area contributed by atoms with Gasteiger partial charge in [0.1, 0.15) is 17.5 Å². The van der Waals surface area contributed by atoms with E-state index in [9.17, 15) is 13.6 Å². The van der Waals surface area contributed by atoms with E-state index < -0.39 is 5.82 Å². The lowest BCUT2D eigenvalue weighted by molar-refractivity contribution is -0.122. The van der Waals surface area contributed by atoms with Gasteiger partial charge in [0.2, 0.25) is 0 Å². The molecule has 0 saturated carbocycles. The number of carbonyl (C=O) groups is 3. The quantitative estimate of drug-likeness (QED) is 0.559. The molecule has 0 fully saturated rings. The van der Waals surface area contributed by atoms with E-state index in [-0.39, 0.29) is 24.0 Å². The van der Waals surface area contributed by atoms with E-state index in [1.54, 1.807) is 31.5 Å². The molecule has 3 aromatic rings. The molecule has 0 aliphatic rings. The zero-order chi connectivity index (χ0) is 20.2. The fraction of sp³-hybridized carbons (Fsp3) is 0.100. The van der Waals surface area contributed by atoms with Gasteiger partial charge in [-0.2, -0.15) is 0 Å². The zero-order valence-electron chi connectivity index (χ0n) is 14.8. The predicted octanol–water partition coefficient (Wildman–Crippen LogP) is 3.86. The molecule has 0 amide bonds. The molecular weight excluding hydrogens is 354 g/mol. The van der Waals surface area contributed by atoms with Crippen molar-refractivity contribution >= 4 is 18.9 Å². The third kappa shape index (κ3) is 7.11. The first kappa shape index (κ1) is 21.6. The zero-order valence-corrected chi connectivity index (χ0v) is 14.8. The van der Waals surface area contributed by atoms with Crippen molar-refractivity contribution in [2.24, 2.45) is 0 Å². The summed E-state index contributed by atoms with van der Waals surface area (Å²) in [5.41, 5.74) is 2.36. The summed E-state index contributed by atoms with van der Waals surface area (Å²) in [6, 6.07) is 9.59. The Labute approximate surface area is 155 Å². The van der Waals surface area contributed by atoms with Gasteiger partial charge in [-0.05, 0) is 49.2 Å². The molecule has 5 nitrogen and oxygen atoms in total. The molecule has 7 heteroatoms. The number of aldehydes is 3. The van der Waals surface area contributed by atoms with E-state index in [0.717, 1.165) is 11.1 Å². The van der Waals surface area contributed by atoms with Crippen molar-refractivity contribution in [2.45, 2.75) is 13.8 Å². The van der Waals surface area contributed by atoms with Crippen LogP contribution in [0.3, 0.4) is 0 Å². The number of rotatable bonds is 3. The third-order valence-corrected chi connectivity index (χ3v) is 3.22. The largest absolute Gasteiger partial charge is 0.345 e. The second-order valence-corrected chi connectivity index (χ2v) is 5.34. The van der Waals surface area contributed by atoms with Gasteiger partial charge in [0, 0.05) is 12.4 Å². The molecule has 0 aliphatic heterocycles. The highest BCUT2D eigenvalue weighted by Crippen LogP contribution is 2.19. The lowest BCUT2D eigenvalue weighted by atomic mass is 10.1. The van der Waals surface area contributed by atoms with Gasteiger partial charge in [0.05, 0.1) is 11.1 Å². The minimum absolute atomic E-state index is 0.116. The smallest absolute Gasteiger partial charge is 0.182 e. The molecule has 0 unspecified atom stereocenters. The van der Waals surface area contributed by atoms with Gasteiger partial charge in [0.25, 0.3) is 0 Å². The second kappa shape index (κ2) is 11.2. The molecule has 0 saturated heterocycles. The summed E-state index contributed by atoms with van der Waals surface area (Å²) < 4.78 is 26.0. The van der Waals surface area contributed by atoms with Crippen molar-refractivity contribution < 1.29 is 23.2 Å². The average molecular weight is 372 g/mol. The summed E-state index contributed by atoms with van der Waals surface area (Å²) in [5.74, 6) is -0.123. The third-order valence-electron chi connectivity index (χ3n) is 3.22. The summed E-state index contributed by atoms with van der Waals surface area (Å²) in [6.45, 7) is 3.63. The van der Waals surface area contributed by atoms with Crippen molar-refractivity contribution in [3.63, 3.8) is 0 Å². The summed E-state index contributed by atoms with van der Waals surface area (Å²) in [7, 11) is 0. The highest BCUT2D eigenvalue weighted by molar-refractivity contribution is 6.09. The summed E-state index contributed by atoms with van der Waals surface area (Å²) in [4.78, 5) is 34.6. The first-order valence-electron chi connectivity index (χ1n) is 7.79. The number of benzene rings is 2. The van der Waals surface area contributed by atoms with Crippen LogP contribution in [-0.4, -0.2) is 28.8 Å². The lowest BCUT2D eigenvalue weighted by Crippen LogP contribution is -1.86. The summed E-state index contributed by atoms with van der Waals surface area (Å²) in [6.07, 6.45) is 4.18. The lowest BCUT2D eigenvalue weighted by Gasteiger charge is -1.99. The van der Waals surface area contributed by atoms with Crippen LogP contribution in [0.15, 0.2) is 48.8 Å². The van der Waals surface area contributed by atoms with Gasteiger partial charge >= 0.3 is 0 Å². The number of imidazole rings is 1. The standard InChI is InChI=1S/C10H9FN2.C8H7FO.C2H2O2/c1-7-2-3-8(9(11)6-7)10-12-4-5-13-10;1-6-2-3-7(5-10)8(9)4-6;3-1-2-4/h2-6H,1H3,(H,12,13);2-5H,1H3;1-2H. The highest BCUT2D eigenvalue weighted by Gasteiger charge is 2.05. The maximum atomic E-state index is 13.4. The Morgan fingerprint density at radius 2 is 1.48 bits per heavy atom. The maximum Gasteiger partial charge on any atom is 0.182 e. The summed E-state index contributed by atoms with van der Waals surface area (Å²) >= 11 is 0. The van der Waals surface area contributed by atoms with Crippen LogP contribution in [0.25, 0.3) is 11.4 Å². The molecule has 1 N–H and O–H groups in total. The molecule has 0 bridgehead atoms. The van der Waals surface area contributed by atoms with Crippen LogP contribution in [0.1, 0.15) is 21.5 Å². The molecule has 1 heterocycles. The molecule has 0 aliphatic carbocycles. The van der Waals surface area contributed by atoms with Crippen LogP contribution in [0, 0.1) is 25.5 Å². The molecule has 27 heavy (non-hydrogen) atoms. The maximum absolute atomic E-state index is 13.4. The SMILES string of the molecule is Cc1ccc(-c2ncc[nH]2)c(F)c1.Cc1ccc(C=O)c(F)c1.O=CC=O. The molecule has 0 spiro atoms. The molecule has 3 rings (SSSR count). The van der Waals surface area contributed by atoms with Crippen molar-refractivity contribution in [1.82, 2.24) is 9.97 Å². The van der Waals surface area contributed by atoms with E-state index in [4.69, 9.17) is 9.59 Å². The number of aromatic amines is 1. The van der Waals surface area contributed by atoms with E-state index in [1.165, 1.54) is 18.2 Å².